The van der Waals surface area contributed by atoms with Gasteiger partial charge in [0.1, 0.15) is 10.7 Å². The van der Waals surface area contributed by atoms with E-state index in [0.717, 1.165) is 33.5 Å². The van der Waals surface area contributed by atoms with Gasteiger partial charge in [-0.15, -0.1) is 16.2 Å². The van der Waals surface area contributed by atoms with Gasteiger partial charge in [-0.3, -0.25) is 4.79 Å². The van der Waals surface area contributed by atoms with Crippen molar-refractivity contribution < 1.29 is 17.7 Å². The summed E-state index contributed by atoms with van der Waals surface area (Å²) in [5.41, 5.74) is 4.01. The number of nitrogens with one attached hydrogen (secondary N) is 1. The predicted molar refractivity (Wildman–Crippen MR) is 158 cm³/mol. The minimum Gasteiger partial charge on any atom is -0.334 e. The Labute approximate surface area is 243 Å². The van der Waals surface area contributed by atoms with E-state index in [9.17, 15) is 18.1 Å². The number of nitrogens with zero attached hydrogens (tertiary/aromatic N) is 4. The number of carbonyl (C=O) groups is 1. The second-order valence-electron chi connectivity index (χ2n) is 9.01. The Kier molecular flexibility index (Phi) is 7.21. The molecule has 10 nitrogen and oxygen atoms in total. The van der Waals surface area contributed by atoms with Gasteiger partial charge in [-0.2, -0.15) is 4.98 Å². The summed E-state index contributed by atoms with van der Waals surface area (Å²) in [6.07, 6.45) is 0. The molecule has 2 aromatic heterocycles. The van der Waals surface area contributed by atoms with E-state index in [1.54, 1.807) is 23.5 Å². The van der Waals surface area contributed by atoms with Crippen molar-refractivity contribution in [3.8, 4) is 44.7 Å². The van der Waals surface area contributed by atoms with Crippen molar-refractivity contribution in [2.24, 2.45) is 5.18 Å². The molecule has 0 aliphatic rings. The molecule has 0 spiro atoms. The first-order valence-corrected chi connectivity index (χ1v) is 14.8. The molecule has 0 unspecified atom stereocenters. The number of hydrogen-bond donors (Lipinski definition) is 1. The standard InChI is InChI=1S/C30H19N5O5S2/c36-28(35-42(38,39)25-11-5-10-24(17-25)33-37)22-8-4-9-23(16-22)29-32-27(34-40-29)20-14-12-19(13-15-20)26-18-41-30(31-26)21-6-2-1-3-7-21/h1-18H,(H,35,36). The molecule has 0 saturated carbocycles. The zero-order valence-electron chi connectivity index (χ0n) is 21.5. The fourth-order valence-electron chi connectivity index (χ4n) is 4.11. The molecule has 12 heteroatoms. The number of benzene rings is 4. The summed E-state index contributed by atoms with van der Waals surface area (Å²) in [6.45, 7) is 0. The lowest BCUT2D eigenvalue weighted by molar-refractivity contribution is 0.0981. The highest BCUT2D eigenvalue weighted by atomic mass is 32.2. The third kappa shape index (κ3) is 5.61. The second kappa shape index (κ2) is 11.3. The number of thiazole rings is 1. The molecule has 6 aromatic rings. The first kappa shape index (κ1) is 26.9. The summed E-state index contributed by atoms with van der Waals surface area (Å²) >= 11 is 1.58. The zero-order chi connectivity index (χ0) is 29.1. The highest BCUT2D eigenvalue weighted by Crippen LogP contribution is 2.30. The van der Waals surface area contributed by atoms with Crippen LogP contribution in [-0.2, 0) is 10.0 Å². The first-order chi connectivity index (χ1) is 20.4. The molecule has 6 rings (SSSR count). The normalized spacial score (nSPS) is 11.2. The molecule has 0 radical (unpaired) electrons. The van der Waals surface area contributed by atoms with E-state index in [2.05, 4.69) is 15.3 Å². The van der Waals surface area contributed by atoms with Crippen molar-refractivity contribution >= 4 is 33.0 Å². The number of sulfonamides is 1. The van der Waals surface area contributed by atoms with E-state index in [1.165, 1.54) is 30.3 Å². The maximum atomic E-state index is 12.8. The third-order valence-corrected chi connectivity index (χ3v) is 8.44. The zero-order valence-corrected chi connectivity index (χ0v) is 23.2. The molecule has 0 aliphatic heterocycles. The molecular weight excluding hydrogens is 574 g/mol. The lowest BCUT2D eigenvalue weighted by Crippen LogP contribution is -2.30. The third-order valence-electron chi connectivity index (χ3n) is 6.22. The van der Waals surface area contributed by atoms with Crippen LogP contribution in [0.15, 0.2) is 123 Å². The van der Waals surface area contributed by atoms with Gasteiger partial charge in [0.15, 0.2) is 0 Å². The monoisotopic (exact) mass is 593 g/mol. The quantitative estimate of drug-likeness (QED) is 0.192. The second-order valence-corrected chi connectivity index (χ2v) is 11.5. The van der Waals surface area contributed by atoms with Crippen LogP contribution in [0, 0.1) is 4.91 Å². The lowest BCUT2D eigenvalue weighted by atomic mass is 10.1. The molecule has 0 atom stereocenters. The van der Waals surface area contributed by atoms with Gasteiger partial charge in [-0.1, -0.05) is 71.9 Å². The summed E-state index contributed by atoms with van der Waals surface area (Å²) in [5.74, 6) is -0.363. The van der Waals surface area contributed by atoms with Gasteiger partial charge in [0.05, 0.1) is 10.6 Å². The molecule has 0 fully saturated rings. The number of nitroso groups, excluding NO2 is 1. The van der Waals surface area contributed by atoms with Gasteiger partial charge < -0.3 is 4.52 Å². The van der Waals surface area contributed by atoms with Crippen molar-refractivity contribution in [2.75, 3.05) is 0 Å². The summed E-state index contributed by atoms with van der Waals surface area (Å²) in [4.78, 5) is 32.5. The fraction of sp³-hybridized carbons (Fsp3) is 0. The van der Waals surface area contributed by atoms with Crippen molar-refractivity contribution in [2.45, 2.75) is 4.90 Å². The Morgan fingerprint density at radius 2 is 1.52 bits per heavy atom. The number of rotatable bonds is 8. The number of amides is 1. The van der Waals surface area contributed by atoms with E-state index in [-0.39, 0.29) is 22.0 Å². The Morgan fingerprint density at radius 1 is 0.786 bits per heavy atom. The molecule has 2 heterocycles. The lowest BCUT2D eigenvalue weighted by Gasteiger charge is -2.07. The molecule has 0 bridgehead atoms. The van der Waals surface area contributed by atoms with Gasteiger partial charge in [-0.05, 0) is 41.6 Å². The molecule has 0 saturated heterocycles. The van der Waals surface area contributed by atoms with Crippen LogP contribution < -0.4 is 4.72 Å². The van der Waals surface area contributed by atoms with Crippen molar-refractivity contribution in [3.63, 3.8) is 0 Å². The highest BCUT2D eigenvalue weighted by Gasteiger charge is 2.20. The van der Waals surface area contributed by atoms with Crippen LogP contribution in [0.25, 0.3) is 44.7 Å². The average Bonchev–Trinajstić information content (AvgIpc) is 3.73. The van der Waals surface area contributed by atoms with E-state index in [4.69, 9.17) is 9.51 Å². The number of aromatic nitrogens is 3. The summed E-state index contributed by atoms with van der Waals surface area (Å²) in [5, 5.41) is 9.75. The van der Waals surface area contributed by atoms with Crippen LogP contribution in [0.1, 0.15) is 10.4 Å². The first-order valence-electron chi connectivity index (χ1n) is 12.5. The Morgan fingerprint density at radius 3 is 2.31 bits per heavy atom. The SMILES string of the molecule is O=Nc1cccc(S(=O)(=O)NC(=O)c2cccc(-c3nc(-c4ccc(-c5csc(-c6ccccc6)n5)cc4)no3)c2)c1. The Bertz CT molecular complexity index is 2020. The largest absolute Gasteiger partial charge is 0.334 e. The topological polar surface area (TPSA) is 144 Å². The summed E-state index contributed by atoms with van der Waals surface area (Å²) in [6, 6.07) is 28.8. The van der Waals surface area contributed by atoms with E-state index >= 15 is 0 Å². The molecule has 1 N–H and O–H groups in total. The maximum absolute atomic E-state index is 12.8. The van der Waals surface area contributed by atoms with E-state index < -0.39 is 15.9 Å². The molecule has 0 aliphatic carbocycles. The van der Waals surface area contributed by atoms with Gasteiger partial charge in [-0.25, -0.2) is 18.1 Å². The van der Waals surface area contributed by atoms with Gasteiger partial charge in [0.25, 0.3) is 21.8 Å². The van der Waals surface area contributed by atoms with Crippen molar-refractivity contribution in [3.05, 3.63) is 119 Å². The minimum atomic E-state index is -4.24. The summed E-state index contributed by atoms with van der Waals surface area (Å²) in [7, 11) is -4.24. The van der Waals surface area contributed by atoms with Crippen molar-refractivity contribution in [1.29, 1.82) is 0 Å². The van der Waals surface area contributed by atoms with E-state index in [1.807, 2.05) is 64.7 Å². The van der Waals surface area contributed by atoms with Crippen LogP contribution in [-0.4, -0.2) is 29.4 Å². The summed E-state index contributed by atoms with van der Waals surface area (Å²) < 4.78 is 32.8. The van der Waals surface area contributed by atoms with Gasteiger partial charge in [0, 0.05) is 33.2 Å². The number of hydrogen-bond acceptors (Lipinski definition) is 10. The van der Waals surface area contributed by atoms with Crippen LogP contribution in [0.3, 0.4) is 0 Å². The van der Waals surface area contributed by atoms with Crippen LogP contribution in [0.4, 0.5) is 5.69 Å². The van der Waals surface area contributed by atoms with E-state index in [0.29, 0.717) is 11.4 Å². The molecule has 206 valence electrons. The molecule has 42 heavy (non-hydrogen) atoms. The molecular formula is C30H19N5O5S2. The van der Waals surface area contributed by atoms with Crippen LogP contribution in [0.2, 0.25) is 0 Å². The molecule has 4 aromatic carbocycles. The maximum Gasteiger partial charge on any atom is 0.265 e. The predicted octanol–water partition coefficient (Wildman–Crippen LogP) is 6.71. The number of carbonyl (C=O) groups excluding carboxylic acids is 1. The van der Waals surface area contributed by atoms with Crippen LogP contribution in [0.5, 0.6) is 0 Å². The Balaban J connectivity index is 1.18. The fourth-order valence-corrected chi connectivity index (χ4v) is 5.96. The molecule has 1 amide bonds. The van der Waals surface area contributed by atoms with Gasteiger partial charge in [0.2, 0.25) is 5.82 Å². The minimum absolute atomic E-state index is 0.0583. The van der Waals surface area contributed by atoms with Crippen molar-refractivity contribution in [1.82, 2.24) is 19.8 Å². The van der Waals surface area contributed by atoms with Gasteiger partial charge >= 0.3 is 0 Å². The van der Waals surface area contributed by atoms with Crippen LogP contribution >= 0.6 is 11.3 Å². The smallest absolute Gasteiger partial charge is 0.265 e. The Hall–Kier alpha value is -5.33. The average molecular weight is 594 g/mol. The highest BCUT2D eigenvalue weighted by molar-refractivity contribution is 7.90.